The van der Waals surface area contributed by atoms with E-state index < -0.39 is 0 Å². The average molecular weight is 194 g/mol. The molecule has 0 spiro atoms. The summed E-state index contributed by atoms with van der Waals surface area (Å²) in [7, 11) is 0. The molecule has 0 atom stereocenters. The van der Waals surface area contributed by atoms with Crippen molar-refractivity contribution in [2.75, 3.05) is 0 Å². The molecule has 14 heavy (non-hydrogen) atoms. The summed E-state index contributed by atoms with van der Waals surface area (Å²) in [5.74, 6) is 0. The molecule has 1 heterocycles. The number of nitrogens with one attached hydrogen (secondary N) is 1. The van der Waals surface area contributed by atoms with Gasteiger partial charge in [-0.15, -0.1) is 0 Å². The lowest BCUT2D eigenvalue weighted by Gasteiger charge is -2.22. The van der Waals surface area contributed by atoms with Crippen LogP contribution < -0.4 is 5.32 Å². The van der Waals surface area contributed by atoms with Crippen LogP contribution in [0, 0.1) is 6.92 Å². The lowest BCUT2D eigenvalue weighted by molar-refractivity contribution is 0.361. The summed E-state index contributed by atoms with van der Waals surface area (Å²) in [6, 6.07) is 0.694. The van der Waals surface area contributed by atoms with Gasteiger partial charge >= 0.3 is 0 Å². The zero-order valence-electron chi connectivity index (χ0n) is 8.75. The standard InChI is InChI=1S/C11H18N2O/c1-9-8-14-13-11(9)7-12-10-5-3-2-4-6-10/h8,10,12H,2-7H2,1H3. The summed E-state index contributed by atoms with van der Waals surface area (Å²) >= 11 is 0. The molecule has 0 amide bonds. The van der Waals surface area contributed by atoms with E-state index in [-0.39, 0.29) is 0 Å². The molecule has 3 heteroatoms. The quantitative estimate of drug-likeness (QED) is 0.803. The van der Waals surface area contributed by atoms with E-state index in [1.54, 1.807) is 6.26 Å². The molecular formula is C11H18N2O. The van der Waals surface area contributed by atoms with E-state index in [2.05, 4.69) is 10.5 Å². The first-order valence-corrected chi connectivity index (χ1v) is 5.49. The molecule has 1 aromatic rings. The van der Waals surface area contributed by atoms with Gasteiger partial charge in [0.25, 0.3) is 0 Å². The van der Waals surface area contributed by atoms with Gasteiger partial charge < -0.3 is 9.84 Å². The molecule has 1 fully saturated rings. The second-order valence-electron chi connectivity index (χ2n) is 4.16. The summed E-state index contributed by atoms with van der Waals surface area (Å²) < 4.78 is 4.90. The fraction of sp³-hybridized carbons (Fsp3) is 0.727. The van der Waals surface area contributed by atoms with Crippen molar-refractivity contribution in [2.24, 2.45) is 0 Å². The normalized spacial score (nSPS) is 18.6. The molecule has 0 aromatic carbocycles. The van der Waals surface area contributed by atoms with Crippen LogP contribution in [0.4, 0.5) is 0 Å². The lowest BCUT2D eigenvalue weighted by Crippen LogP contribution is -2.30. The Balaban J connectivity index is 1.79. The van der Waals surface area contributed by atoms with Crippen molar-refractivity contribution in [2.45, 2.75) is 51.6 Å². The van der Waals surface area contributed by atoms with Crippen molar-refractivity contribution in [3.05, 3.63) is 17.5 Å². The molecule has 1 aliphatic rings. The maximum atomic E-state index is 4.90. The SMILES string of the molecule is Cc1conc1CNC1CCCCC1. The van der Waals surface area contributed by atoms with E-state index in [1.807, 2.05) is 6.92 Å². The molecule has 1 aromatic heterocycles. The third-order valence-corrected chi connectivity index (χ3v) is 3.01. The van der Waals surface area contributed by atoms with Gasteiger partial charge in [-0.25, -0.2) is 0 Å². The van der Waals surface area contributed by atoms with Gasteiger partial charge in [0.15, 0.2) is 0 Å². The average Bonchev–Trinajstić information content (AvgIpc) is 2.63. The minimum Gasteiger partial charge on any atom is -0.364 e. The molecule has 2 rings (SSSR count). The van der Waals surface area contributed by atoms with Crippen molar-refractivity contribution in [3.63, 3.8) is 0 Å². The summed E-state index contributed by atoms with van der Waals surface area (Å²) in [5.41, 5.74) is 2.20. The molecule has 0 radical (unpaired) electrons. The number of nitrogens with zero attached hydrogens (tertiary/aromatic N) is 1. The Kier molecular flexibility index (Phi) is 3.19. The highest BCUT2D eigenvalue weighted by atomic mass is 16.5. The Bertz CT molecular complexity index is 277. The van der Waals surface area contributed by atoms with Crippen LogP contribution in [0.1, 0.15) is 43.4 Å². The van der Waals surface area contributed by atoms with Crippen LogP contribution in [0.25, 0.3) is 0 Å². The van der Waals surface area contributed by atoms with Gasteiger partial charge in [-0.3, -0.25) is 0 Å². The van der Waals surface area contributed by atoms with Gasteiger partial charge in [-0.05, 0) is 19.8 Å². The van der Waals surface area contributed by atoms with Crippen LogP contribution in [0.15, 0.2) is 10.8 Å². The van der Waals surface area contributed by atoms with Gasteiger partial charge in [-0.2, -0.15) is 0 Å². The molecule has 1 N–H and O–H groups in total. The third-order valence-electron chi connectivity index (χ3n) is 3.01. The maximum absolute atomic E-state index is 4.90. The number of aryl methyl sites for hydroxylation is 1. The molecule has 0 bridgehead atoms. The Morgan fingerprint density at radius 3 is 2.86 bits per heavy atom. The minimum atomic E-state index is 0.694. The Labute approximate surface area is 84.9 Å². The Morgan fingerprint density at radius 1 is 1.43 bits per heavy atom. The van der Waals surface area contributed by atoms with Gasteiger partial charge in [0, 0.05) is 18.2 Å². The first kappa shape index (κ1) is 9.71. The van der Waals surface area contributed by atoms with Crippen LogP contribution >= 0.6 is 0 Å². The van der Waals surface area contributed by atoms with Crippen LogP contribution in [0.5, 0.6) is 0 Å². The summed E-state index contributed by atoms with van der Waals surface area (Å²) in [6.07, 6.45) is 8.48. The highest BCUT2D eigenvalue weighted by Gasteiger charge is 2.13. The number of hydrogen-bond donors (Lipinski definition) is 1. The molecular weight excluding hydrogens is 176 g/mol. The summed E-state index contributed by atoms with van der Waals surface area (Å²) in [6.45, 7) is 2.89. The Morgan fingerprint density at radius 2 is 2.21 bits per heavy atom. The number of rotatable bonds is 3. The smallest absolute Gasteiger partial charge is 0.127 e. The van der Waals surface area contributed by atoms with Crippen molar-refractivity contribution in [1.82, 2.24) is 10.5 Å². The molecule has 3 nitrogen and oxygen atoms in total. The molecule has 1 saturated carbocycles. The first-order valence-electron chi connectivity index (χ1n) is 5.49. The van der Waals surface area contributed by atoms with Crippen molar-refractivity contribution >= 4 is 0 Å². The highest BCUT2D eigenvalue weighted by molar-refractivity contribution is 5.11. The van der Waals surface area contributed by atoms with E-state index in [4.69, 9.17) is 4.52 Å². The molecule has 0 saturated heterocycles. The van der Waals surface area contributed by atoms with E-state index in [0.29, 0.717) is 6.04 Å². The zero-order valence-corrected chi connectivity index (χ0v) is 8.75. The predicted octanol–water partition coefficient (Wildman–Crippen LogP) is 2.41. The van der Waals surface area contributed by atoms with Crippen LogP contribution in [-0.2, 0) is 6.54 Å². The molecule has 0 unspecified atom stereocenters. The molecule has 0 aliphatic heterocycles. The van der Waals surface area contributed by atoms with E-state index in [0.717, 1.165) is 17.8 Å². The van der Waals surface area contributed by atoms with Crippen molar-refractivity contribution in [3.8, 4) is 0 Å². The lowest BCUT2D eigenvalue weighted by atomic mass is 9.95. The molecule has 78 valence electrons. The van der Waals surface area contributed by atoms with E-state index >= 15 is 0 Å². The highest BCUT2D eigenvalue weighted by Crippen LogP contribution is 2.17. The van der Waals surface area contributed by atoms with E-state index in [9.17, 15) is 0 Å². The van der Waals surface area contributed by atoms with E-state index in [1.165, 1.54) is 32.1 Å². The van der Waals surface area contributed by atoms with Gasteiger partial charge in [-0.1, -0.05) is 24.4 Å². The van der Waals surface area contributed by atoms with Gasteiger partial charge in [0.05, 0.1) is 0 Å². The van der Waals surface area contributed by atoms with Crippen LogP contribution in [0.3, 0.4) is 0 Å². The fourth-order valence-electron chi connectivity index (χ4n) is 2.03. The van der Waals surface area contributed by atoms with Crippen molar-refractivity contribution < 1.29 is 4.52 Å². The second kappa shape index (κ2) is 4.60. The van der Waals surface area contributed by atoms with Crippen LogP contribution in [-0.4, -0.2) is 11.2 Å². The second-order valence-corrected chi connectivity index (χ2v) is 4.16. The Hall–Kier alpha value is -0.830. The first-order chi connectivity index (χ1) is 6.86. The monoisotopic (exact) mass is 194 g/mol. The summed E-state index contributed by atoms with van der Waals surface area (Å²) in [5, 5.41) is 7.50. The molecule has 1 aliphatic carbocycles. The zero-order chi connectivity index (χ0) is 9.80. The number of hydrogen-bond acceptors (Lipinski definition) is 3. The van der Waals surface area contributed by atoms with Gasteiger partial charge in [0.1, 0.15) is 12.0 Å². The summed E-state index contributed by atoms with van der Waals surface area (Å²) in [4.78, 5) is 0. The minimum absolute atomic E-state index is 0.694. The fourth-order valence-corrected chi connectivity index (χ4v) is 2.03. The largest absolute Gasteiger partial charge is 0.364 e. The van der Waals surface area contributed by atoms with Gasteiger partial charge in [0.2, 0.25) is 0 Å². The maximum Gasteiger partial charge on any atom is 0.127 e. The van der Waals surface area contributed by atoms with Crippen molar-refractivity contribution in [1.29, 1.82) is 0 Å². The van der Waals surface area contributed by atoms with Crippen LogP contribution in [0.2, 0.25) is 0 Å². The third kappa shape index (κ3) is 2.35. The predicted molar refractivity (Wildman–Crippen MR) is 55.0 cm³/mol. The topological polar surface area (TPSA) is 38.1 Å². The number of aromatic nitrogens is 1.